The van der Waals surface area contributed by atoms with E-state index in [-0.39, 0.29) is 0 Å². The molecule has 0 saturated carbocycles. The Labute approximate surface area is 117 Å². The zero-order valence-electron chi connectivity index (χ0n) is 9.87. The molecule has 0 aromatic heterocycles. The third-order valence-electron chi connectivity index (χ3n) is 1.40. The maximum Gasteiger partial charge on any atom is 0.303 e. The highest BCUT2D eigenvalue weighted by molar-refractivity contribution is 6.63. The van der Waals surface area contributed by atoms with Crippen LogP contribution >= 0.6 is 34.8 Å². The van der Waals surface area contributed by atoms with Gasteiger partial charge < -0.3 is 5.11 Å². The molecule has 1 rings (SSSR count). The van der Waals surface area contributed by atoms with Crippen LogP contribution in [-0.2, 0) is 4.79 Å². The third-order valence-corrected chi connectivity index (χ3v) is 1.40. The van der Waals surface area contributed by atoms with Crippen molar-refractivity contribution in [1.82, 2.24) is 0 Å². The minimum absolute atomic E-state index is 0.292. The maximum atomic E-state index is 9.60. The quantitative estimate of drug-likeness (QED) is 0.792. The topological polar surface area (TPSA) is 37.3 Å². The average Bonchev–Trinajstić information content (AvgIpc) is 2.18. The predicted molar refractivity (Wildman–Crippen MR) is 75.1 cm³/mol. The van der Waals surface area contributed by atoms with Gasteiger partial charge in [0.2, 0.25) is 0 Å². The van der Waals surface area contributed by atoms with Crippen LogP contribution in [0.1, 0.15) is 25.3 Å². The van der Waals surface area contributed by atoms with Crippen LogP contribution in [0, 0.1) is 6.92 Å². The number of hydrogen-bond donors (Lipinski definition) is 1. The van der Waals surface area contributed by atoms with E-state index < -0.39 is 10.3 Å². The molecule has 0 fully saturated rings. The summed E-state index contributed by atoms with van der Waals surface area (Å²) in [5.74, 6) is -0.711. The molecule has 0 aliphatic heterocycles. The molecule has 2 nitrogen and oxygen atoms in total. The zero-order valence-corrected chi connectivity index (χ0v) is 12.1. The second kappa shape index (κ2) is 13.6. The summed E-state index contributed by atoms with van der Waals surface area (Å²) in [6, 6.07) is 10.3. The van der Waals surface area contributed by atoms with Gasteiger partial charge in [-0.3, -0.25) is 4.79 Å². The molecule has 0 unspecified atom stereocenters. The fourth-order valence-corrected chi connectivity index (χ4v) is 0.748. The van der Waals surface area contributed by atoms with E-state index >= 15 is 0 Å². The Morgan fingerprint density at radius 2 is 1.65 bits per heavy atom. The number of carbonyl (C=O) groups is 1. The number of alkyl halides is 3. The smallest absolute Gasteiger partial charge is 0.303 e. The Balaban J connectivity index is 0. The summed E-state index contributed by atoms with van der Waals surface area (Å²) in [5.41, 5.74) is 1.32. The highest BCUT2D eigenvalue weighted by Crippen LogP contribution is 2.03. The van der Waals surface area contributed by atoms with E-state index in [1.54, 1.807) is 0 Å². The van der Waals surface area contributed by atoms with Crippen molar-refractivity contribution in [2.45, 2.75) is 31.0 Å². The van der Waals surface area contributed by atoms with Crippen LogP contribution in [-0.4, -0.2) is 15.4 Å². The Kier molecular flexibility index (Phi) is 15.2. The molecule has 0 heterocycles. The van der Waals surface area contributed by atoms with Crippen molar-refractivity contribution in [2.75, 3.05) is 0 Å². The molecule has 0 amide bonds. The van der Waals surface area contributed by atoms with Crippen LogP contribution < -0.4 is 0 Å². The minimum Gasteiger partial charge on any atom is -0.481 e. The molecule has 1 N–H and O–H groups in total. The molecule has 5 heteroatoms. The summed E-state index contributed by atoms with van der Waals surface area (Å²) in [6.07, 6.45) is 1.02. The van der Waals surface area contributed by atoms with E-state index in [1.807, 2.05) is 25.1 Å². The highest BCUT2D eigenvalue weighted by atomic mass is 35.6. The largest absolute Gasteiger partial charge is 0.481 e. The standard InChI is InChI=1S/C7H8.C4H8O2.CHCl3/c1-7-5-3-2-4-6-7;1-2-3-4(5)6;2-1(3)4/h2-6H,1H3;2-3H2,1H3,(H,5,6);1H. The molecule has 0 atom stereocenters. The molecular weight excluding hydrogens is 282 g/mol. The molecule has 0 aliphatic rings. The summed E-state index contributed by atoms with van der Waals surface area (Å²) in [5, 5.41) is 7.91. The Bertz CT molecular complexity index is 274. The van der Waals surface area contributed by atoms with Crippen molar-refractivity contribution in [3.05, 3.63) is 35.9 Å². The lowest BCUT2D eigenvalue weighted by Crippen LogP contribution is -1.90. The summed E-state index contributed by atoms with van der Waals surface area (Å²) in [6.45, 7) is 3.92. The summed E-state index contributed by atoms with van der Waals surface area (Å²) in [4.78, 5) is 9.60. The molecule has 0 spiro atoms. The second-order valence-electron chi connectivity index (χ2n) is 3.05. The van der Waals surface area contributed by atoms with E-state index in [0.29, 0.717) is 6.42 Å². The molecule has 1 aromatic carbocycles. The molecule has 0 bridgehead atoms. The fourth-order valence-electron chi connectivity index (χ4n) is 0.748. The van der Waals surface area contributed by atoms with Crippen molar-refractivity contribution in [2.24, 2.45) is 0 Å². The highest BCUT2D eigenvalue weighted by Gasteiger charge is 1.87. The molecule has 17 heavy (non-hydrogen) atoms. The fraction of sp³-hybridized carbons (Fsp3) is 0.417. The van der Waals surface area contributed by atoms with Gasteiger partial charge in [-0.1, -0.05) is 77.6 Å². The molecule has 0 saturated heterocycles. The lowest BCUT2D eigenvalue weighted by molar-refractivity contribution is -0.137. The first-order valence-electron chi connectivity index (χ1n) is 5.05. The van der Waals surface area contributed by atoms with E-state index in [4.69, 9.17) is 39.9 Å². The van der Waals surface area contributed by atoms with Crippen LogP contribution in [0.25, 0.3) is 0 Å². The Hall–Kier alpha value is -0.440. The van der Waals surface area contributed by atoms with Crippen LogP contribution in [0.15, 0.2) is 30.3 Å². The first kappa shape index (κ1) is 18.9. The van der Waals surface area contributed by atoms with Crippen molar-refractivity contribution < 1.29 is 9.90 Å². The first-order valence-corrected chi connectivity index (χ1v) is 6.36. The van der Waals surface area contributed by atoms with Gasteiger partial charge in [0.15, 0.2) is 4.30 Å². The summed E-state index contributed by atoms with van der Waals surface area (Å²) >= 11 is 14.4. The summed E-state index contributed by atoms with van der Waals surface area (Å²) < 4.78 is -0.750. The average molecular weight is 300 g/mol. The first-order chi connectivity index (χ1) is 7.90. The number of carboxylic acids is 1. The van der Waals surface area contributed by atoms with Crippen molar-refractivity contribution >= 4 is 40.8 Å². The lowest BCUT2D eigenvalue weighted by atomic mass is 10.2. The lowest BCUT2D eigenvalue weighted by Gasteiger charge is -1.82. The maximum absolute atomic E-state index is 9.60. The summed E-state index contributed by atoms with van der Waals surface area (Å²) in [7, 11) is 0. The third kappa shape index (κ3) is 25.7. The number of aryl methyl sites for hydroxylation is 1. The van der Waals surface area contributed by atoms with Crippen LogP contribution in [0.4, 0.5) is 0 Å². The van der Waals surface area contributed by atoms with Crippen molar-refractivity contribution in [1.29, 1.82) is 0 Å². The van der Waals surface area contributed by atoms with Gasteiger partial charge in [0.1, 0.15) is 0 Å². The van der Waals surface area contributed by atoms with Crippen LogP contribution in [0.2, 0.25) is 0 Å². The van der Waals surface area contributed by atoms with Crippen molar-refractivity contribution in [3.8, 4) is 0 Å². The van der Waals surface area contributed by atoms with Gasteiger partial charge in [-0.05, 0) is 13.3 Å². The van der Waals surface area contributed by atoms with Gasteiger partial charge in [-0.25, -0.2) is 0 Å². The number of aliphatic carboxylic acids is 1. The minimum atomic E-state index is -0.750. The van der Waals surface area contributed by atoms with E-state index in [0.717, 1.165) is 6.42 Å². The predicted octanol–water partition coefficient (Wildman–Crippen LogP) is 4.85. The SMILES string of the molecule is CCCC(=O)O.Cc1ccccc1.ClC(Cl)Cl. The molecule has 1 aromatic rings. The van der Waals surface area contributed by atoms with Gasteiger partial charge in [-0.2, -0.15) is 0 Å². The van der Waals surface area contributed by atoms with E-state index in [2.05, 4.69) is 19.1 Å². The number of halogens is 3. The van der Waals surface area contributed by atoms with Gasteiger partial charge in [0.05, 0.1) is 0 Å². The number of hydrogen-bond acceptors (Lipinski definition) is 1. The molecule has 0 radical (unpaired) electrons. The Morgan fingerprint density at radius 3 is 1.76 bits per heavy atom. The van der Waals surface area contributed by atoms with Gasteiger partial charge in [0, 0.05) is 6.42 Å². The van der Waals surface area contributed by atoms with Gasteiger partial charge in [-0.15, -0.1) is 0 Å². The normalized spacial score (nSPS) is 8.59. The second-order valence-corrected chi connectivity index (χ2v) is 5.03. The number of rotatable bonds is 2. The van der Waals surface area contributed by atoms with Gasteiger partial charge in [0.25, 0.3) is 0 Å². The number of benzene rings is 1. The molecule has 98 valence electrons. The monoisotopic (exact) mass is 298 g/mol. The van der Waals surface area contributed by atoms with E-state index in [9.17, 15) is 4.79 Å². The van der Waals surface area contributed by atoms with E-state index in [1.165, 1.54) is 5.56 Å². The van der Waals surface area contributed by atoms with Crippen LogP contribution in [0.5, 0.6) is 0 Å². The number of carboxylic acid groups (broad SMARTS) is 1. The Morgan fingerprint density at radius 1 is 1.24 bits per heavy atom. The van der Waals surface area contributed by atoms with Gasteiger partial charge >= 0.3 is 5.97 Å². The molecule has 0 aliphatic carbocycles. The molecular formula is C12H17Cl3O2. The zero-order chi connectivity index (χ0) is 13.7. The van der Waals surface area contributed by atoms with Crippen LogP contribution in [0.3, 0.4) is 0 Å². The van der Waals surface area contributed by atoms with Crippen molar-refractivity contribution in [3.63, 3.8) is 0 Å².